The van der Waals surface area contributed by atoms with Crippen molar-refractivity contribution in [3.8, 4) is 0 Å². The van der Waals surface area contributed by atoms with Gasteiger partial charge in [-0.25, -0.2) is 9.59 Å². The number of hydrogen-bond acceptors (Lipinski definition) is 6. The maximum absolute atomic E-state index is 12.3. The standard InChI is InChI=1S/C15H20O7S/c1-8-9(2)11(4)13(12(10(8)3)14(16)21-5)15(17)22-6-7-23(18,19)20/h6-7H2,1-5H3,(H,18,19,20). The van der Waals surface area contributed by atoms with Gasteiger partial charge in [0.1, 0.15) is 12.4 Å². The van der Waals surface area contributed by atoms with Gasteiger partial charge in [0, 0.05) is 0 Å². The summed E-state index contributed by atoms with van der Waals surface area (Å²) in [6.07, 6.45) is 0. The second-order valence-corrected chi connectivity index (χ2v) is 6.74. The summed E-state index contributed by atoms with van der Waals surface area (Å²) in [7, 11) is -3.03. The monoisotopic (exact) mass is 344 g/mol. The first kappa shape index (κ1) is 19.1. The van der Waals surface area contributed by atoms with Crippen LogP contribution in [0, 0.1) is 27.7 Å². The van der Waals surface area contributed by atoms with Crippen LogP contribution in [0.5, 0.6) is 0 Å². The van der Waals surface area contributed by atoms with Crippen LogP contribution >= 0.6 is 0 Å². The Morgan fingerprint density at radius 3 is 1.74 bits per heavy atom. The summed E-state index contributed by atoms with van der Waals surface area (Å²) in [5.41, 5.74) is 3.00. The molecule has 0 bridgehead atoms. The third-order valence-corrected chi connectivity index (χ3v) is 4.54. The van der Waals surface area contributed by atoms with Crippen molar-refractivity contribution in [3.05, 3.63) is 33.4 Å². The molecule has 0 aliphatic carbocycles. The number of methoxy groups -OCH3 is 1. The quantitative estimate of drug-likeness (QED) is 0.640. The summed E-state index contributed by atoms with van der Waals surface area (Å²) in [5, 5.41) is 0. The van der Waals surface area contributed by atoms with E-state index in [1.54, 1.807) is 13.8 Å². The zero-order chi connectivity index (χ0) is 17.9. The number of ether oxygens (including phenoxy) is 2. The van der Waals surface area contributed by atoms with Crippen LogP contribution in [0.15, 0.2) is 0 Å². The van der Waals surface area contributed by atoms with E-state index in [4.69, 9.17) is 14.0 Å². The molecular formula is C15H20O7S. The molecule has 128 valence electrons. The summed E-state index contributed by atoms with van der Waals surface area (Å²) < 4.78 is 39.6. The third-order valence-electron chi connectivity index (χ3n) is 3.86. The van der Waals surface area contributed by atoms with Crippen molar-refractivity contribution >= 4 is 22.1 Å². The van der Waals surface area contributed by atoms with E-state index in [-0.39, 0.29) is 11.1 Å². The minimum atomic E-state index is -4.24. The molecule has 0 fully saturated rings. The van der Waals surface area contributed by atoms with Gasteiger partial charge in [0.2, 0.25) is 0 Å². The van der Waals surface area contributed by atoms with Gasteiger partial charge in [-0.1, -0.05) is 0 Å². The molecule has 1 rings (SSSR count). The molecule has 1 N–H and O–H groups in total. The Morgan fingerprint density at radius 2 is 1.35 bits per heavy atom. The number of benzene rings is 1. The van der Waals surface area contributed by atoms with E-state index in [0.29, 0.717) is 11.1 Å². The molecule has 0 saturated carbocycles. The molecule has 1 aromatic rings. The van der Waals surface area contributed by atoms with E-state index in [1.165, 1.54) is 7.11 Å². The van der Waals surface area contributed by atoms with Gasteiger partial charge in [0.25, 0.3) is 10.1 Å². The molecule has 0 aliphatic heterocycles. The Morgan fingerprint density at radius 1 is 0.913 bits per heavy atom. The highest BCUT2D eigenvalue weighted by Gasteiger charge is 2.26. The Bertz CT molecular complexity index is 748. The largest absolute Gasteiger partial charge is 0.465 e. The van der Waals surface area contributed by atoms with Gasteiger partial charge in [-0.05, 0) is 49.9 Å². The van der Waals surface area contributed by atoms with Crippen LogP contribution in [0.25, 0.3) is 0 Å². The minimum Gasteiger partial charge on any atom is -0.465 e. The maximum atomic E-state index is 12.3. The van der Waals surface area contributed by atoms with E-state index < -0.39 is 34.4 Å². The van der Waals surface area contributed by atoms with Gasteiger partial charge in [0.15, 0.2) is 0 Å². The number of carbonyl (C=O) groups excluding carboxylic acids is 2. The van der Waals surface area contributed by atoms with Crippen molar-refractivity contribution in [3.63, 3.8) is 0 Å². The van der Waals surface area contributed by atoms with E-state index in [0.717, 1.165) is 11.1 Å². The fourth-order valence-electron chi connectivity index (χ4n) is 2.24. The van der Waals surface area contributed by atoms with Crippen LogP contribution in [0.1, 0.15) is 43.0 Å². The van der Waals surface area contributed by atoms with Crippen molar-refractivity contribution < 1.29 is 32.0 Å². The SMILES string of the molecule is COC(=O)c1c(C)c(C)c(C)c(C)c1C(=O)OCCS(=O)(=O)O. The third kappa shape index (κ3) is 4.29. The van der Waals surface area contributed by atoms with Gasteiger partial charge < -0.3 is 9.47 Å². The molecule has 0 saturated heterocycles. The van der Waals surface area contributed by atoms with Crippen molar-refractivity contribution in [2.75, 3.05) is 19.5 Å². The van der Waals surface area contributed by atoms with Crippen LogP contribution in [0.4, 0.5) is 0 Å². The average Bonchev–Trinajstić information content (AvgIpc) is 2.46. The molecule has 0 heterocycles. The van der Waals surface area contributed by atoms with Crippen molar-refractivity contribution in [1.82, 2.24) is 0 Å². The molecule has 0 amide bonds. The zero-order valence-corrected chi connectivity index (χ0v) is 14.5. The molecule has 23 heavy (non-hydrogen) atoms. The predicted molar refractivity (Wildman–Crippen MR) is 83.4 cm³/mol. The molecule has 0 atom stereocenters. The van der Waals surface area contributed by atoms with Crippen molar-refractivity contribution in [1.29, 1.82) is 0 Å². The van der Waals surface area contributed by atoms with Crippen LogP contribution < -0.4 is 0 Å². The van der Waals surface area contributed by atoms with Crippen LogP contribution in [0.3, 0.4) is 0 Å². The van der Waals surface area contributed by atoms with Gasteiger partial charge in [-0.2, -0.15) is 8.42 Å². The predicted octanol–water partition coefficient (Wildman–Crippen LogP) is 1.75. The Hall–Kier alpha value is -1.93. The summed E-state index contributed by atoms with van der Waals surface area (Å²) in [5.74, 6) is -2.22. The lowest BCUT2D eigenvalue weighted by Gasteiger charge is -2.18. The van der Waals surface area contributed by atoms with Gasteiger partial charge in [-0.15, -0.1) is 0 Å². The first-order valence-electron chi connectivity index (χ1n) is 6.82. The molecule has 0 aromatic heterocycles. The molecule has 7 nitrogen and oxygen atoms in total. The summed E-state index contributed by atoms with van der Waals surface area (Å²) >= 11 is 0. The first-order valence-corrected chi connectivity index (χ1v) is 8.43. The highest BCUT2D eigenvalue weighted by Crippen LogP contribution is 2.28. The second kappa shape index (κ2) is 7.10. The van der Waals surface area contributed by atoms with Crippen LogP contribution in [0.2, 0.25) is 0 Å². The second-order valence-electron chi connectivity index (χ2n) is 5.16. The lowest BCUT2D eigenvalue weighted by atomic mass is 9.89. The molecule has 8 heteroatoms. The van der Waals surface area contributed by atoms with Crippen molar-refractivity contribution in [2.45, 2.75) is 27.7 Å². The summed E-state index contributed by atoms with van der Waals surface area (Å²) in [6.45, 7) is 6.51. The Labute approximate surface area is 135 Å². The van der Waals surface area contributed by atoms with Crippen molar-refractivity contribution in [2.24, 2.45) is 0 Å². The normalized spacial score (nSPS) is 11.2. The smallest absolute Gasteiger partial charge is 0.339 e. The fourth-order valence-corrected chi connectivity index (χ4v) is 2.53. The van der Waals surface area contributed by atoms with Gasteiger partial charge in [0.05, 0.1) is 18.2 Å². The average molecular weight is 344 g/mol. The molecular weight excluding hydrogens is 324 g/mol. The topological polar surface area (TPSA) is 107 Å². The van der Waals surface area contributed by atoms with Gasteiger partial charge >= 0.3 is 11.9 Å². The van der Waals surface area contributed by atoms with E-state index in [9.17, 15) is 18.0 Å². The fraction of sp³-hybridized carbons (Fsp3) is 0.467. The maximum Gasteiger partial charge on any atom is 0.339 e. The highest BCUT2D eigenvalue weighted by atomic mass is 32.2. The Balaban J connectivity index is 3.33. The molecule has 0 aliphatic rings. The molecule has 0 unspecified atom stereocenters. The van der Waals surface area contributed by atoms with E-state index in [2.05, 4.69) is 0 Å². The number of esters is 2. The number of hydrogen-bond donors (Lipinski definition) is 1. The molecule has 0 spiro atoms. The van der Waals surface area contributed by atoms with Crippen LogP contribution in [-0.4, -0.2) is 44.4 Å². The zero-order valence-electron chi connectivity index (χ0n) is 13.7. The first-order chi connectivity index (χ1) is 10.5. The van der Waals surface area contributed by atoms with E-state index in [1.807, 2.05) is 13.8 Å². The van der Waals surface area contributed by atoms with Crippen LogP contribution in [-0.2, 0) is 19.6 Å². The lowest BCUT2D eigenvalue weighted by Crippen LogP contribution is -2.20. The number of rotatable bonds is 5. The Kier molecular flexibility index (Phi) is 5.90. The minimum absolute atomic E-state index is 0.0489. The molecule has 1 aromatic carbocycles. The summed E-state index contributed by atoms with van der Waals surface area (Å²) in [4.78, 5) is 24.3. The summed E-state index contributed by atoms with van der Waals surface area (Å²) in [6, 6.07) is 0. The molecule has 0 radical (unpaired) electrons. The van der Waals surface area contributed by atoms with E-state index >= 15 is 0 Å². The highest BCUT2D eigenvalue weighted by molar-refractivity contribution is 7.85. The lowest BCUT2D eigenvalue weighted by molar-refractivity contribution is 0.0504. The van der Waals surface area contributed by atoms with Gasteiger partial charge in [-0.3, -0.25) is 4.55 Å². The number of carbonyl (C=O) groups is 2.